The van der Waals surface area contributed by atoms with Crippen molar-refractivity contribution in [3.8, 4) is 45.5 Å². The Morgan fingerprint density at radius 1 is 0.794 bits per heavy atom. The molecule has 0 spiro atoms. The van der Waals surface area contributed by atoms with Gasteiger partial charge in [0.2, 0.25) is 11.4 Å². The highest BCUT2D eigenvalue weighted by Crippen LogP contribution is 2.41. The van der Waals surface area contributed by atoms with Crippen LogP contribution in [0.5, 0.6) is 23.0 Å². The predicted octanol–water partition coefficient (Wildman–Crippen LogP) is 4.98. The van der Waals surface area contributed by atoms with E-state index < -0.39 is 0 Å². The number of pyridine rings is 1. The Hall–Kier alpha value is -4.20. The van der Waals surface area contributed by atoms with Crippen molar-refractivity contribution in [2.75, 3.05) is 27.9 Å². The van der Waals surface area contributed by atoms with Gasteiger partial charge in [-0.3, -0.25) is 4.40 Å². The topological polar surface area (TPSA) is 72.0 Å². The van der Waals surface area contributed by atoms with E-state index in [0.29, 0.717) is 41.1 Å². The van der Waals surface area contributed by atoms with Crippen molar-refractivity contribution >= 4 is 16.6 Å². The molecule has 0 bridgehead atoms. The molecule has 8 nitrogen and oxygen atoms in total. The molecule has 0 saturated heterocycles. The molecule has 0 N–H and O–H groups in total. The number of nitrogens with zero attached hydrogens (tertiary/aromatic N) is 4. The van der Waals surface area contributed by atoms with Crippen LogP contribution in [0.25, 0.3) is 39.1 Å². The van der Waals surface area contributed by atoms with E-state index in [9.17, 15) is 0 Å². The number of hydrogen-bond acceptors (Lipinski definition) is 6. The molecule has 174 valence electrons. The third-order valence-corrected chi connectivity index (χ3v) is 5.91. The molecule has 34 heavy (non-hydrogen) atoms. The minimum absolute atomic E-state index is 0.517. The summed E-state index contributed by atoms with van der Waals surface area (Å²) >= 11 is 0. The van der Waals surface area contributed by atoms with Gasteiger partial charge in [0, 0.05) is 41.5 Å². The van der Waals surface area contributed by atoms with E-state index in [-0.39, 0.29) is 0 Å². The number of methoxy groups -OCH3 is 3. The van der Waals surface area contributed by atoms with Gasteiger partial charge >= 0.3 is 0 Å². The molecule has 0 aliphatic carbocycles. The van der Waals surface area contributed by atoms with E-state index >= 15 is 0 Å². The standard InChI is InChI=1S/C26H26N4O4/c1-6-34-23-14-19(16-7-8-20-17(11-16)9-10-29(20)2)15-30-25(27-28-26(23)30)18-12-21(31-3)24(33-5)22(13-18)32-4/h7-15H,6H2,1-5H3. The van der Waals surface area contributed by atoms with Gasteiger partial charge < -0.3 is 23.5 Å². The zero-order valence-electron chi connectivity index (χ0n) is 19.8. The molecule has 0 saturated carbocycles. The Morgan fingerprint density at radius 3 is 2.21 bits per heavy atom. The zero-order chi connectivity index (χ0) is 23.8. The SMILES string of the molecule is CCOc1cc(-c2ccc3c(ccn3C)c2)cn2c(-c3cc(OC)c(OC)c(OC)c3)nnc12. The van der Waals surface area contributed by atoms with Gasteiger partial charge in [-0.25, -0.2) is 0 Å². The van der Waals surface area contributed by atoms with Gasteiger partial charge in [0.25, 0.3) is 0 Å². The van der Waals surface area contributed by atoms with Crippen molar-refractivity contribution in [1.29, 1.82) is 0 Å². The lowest BCUT2D eigenvalue weighted by Gasteiger charge is -2.14. The molecule has 5 rings (SSSR count). The number of fused-ring (bicyclic) bond motifs is 2. The van der Waals surface area contributed by atoms with Crippen LogP contribution in [0.4, 0.5) is 0 Å². The van der Waals surface area contributed by atoms with E-state index in [1.165, 1.54) is 10.9 Å². The first-order chi connectivity index (χ1) is 16.6. The highest BCUT2D eigenvalue weighted by molar-refractivity contribution is 5.86. The minimum Gasteiger partial charge on any atom is -0.493 e. The average molecular weight is 459 g/mol. The summed E-state index contributed by atoms with van der Waals surface area (Å²) in [4.78, 5) is 0. The second kappa shape index (κ2) is 8.62. The van der Waals surface area contributed by atoms with Crippen LogP contribution in [-0.2, 0) is 7.05 Å². The third-order valence-electron chi connectivity index (χ3n) is 5.91. The molecule has 0 aliphatic heterocycles. The van der Waals surface area contributed by atoms with Crippen LogP contribution in [0.15, 0.2) is 54.9 Å². The van der Waals surface area contributed by atoms with Crippen molar-refractivity contribution in [1.82, 2.24) is 19.2 Å². The molecule has 0 radical (unpaired) electrons. The number of aryl methyl sites for hydroxylation is 1. The highest BCUT2D eigenvalue weighted by Gasteiger charge is 2.19. The number of rotatable bonds is 7. The summed E-state index contributed by atoms with van der Waals surface area (Å²) in [6.07, 6.45) is 4.09. The van der Waals surface area contributed by atoms with E-state index in [1.807, 2.05) is 42.8 Å². The van der Waals surface area contributed by atoms with Crippen LogP contribution < -0.4 is 18.9 Å². The summed E-state index contributed by atoms with van der Waals surface area (Å²) in [5.74, 6) is 2.92. The molecule has 3 heterocycles. The van der Waals surface area contributed by atoms with Gasteiger partial charge in [-0.15, -0.1) is 10.2 Å². The van der Waals surface area contributed by atoms with Gasteiger partial charge in [0.1, 0.15) is 0 Å². The van der Waals surface area contributed by atoms with Gasteiger partial charge in [0.15, 0.2) is 23.1 Å². The summed E-state index contributed by atoms with van der Waals surface area (Å²) < 4.78 is 26.5. The molecule has 2 aromatic carbocycles. The predicted molar refractivity (Wildman–Crippen MR) is 131 cm³/mol. The molecule has 0 amide bonds. The average Bonchev–Trinajstić information content (AvgIpc) is 3.46. The van der Waals surface area contributed by atoms with Gasteiger partial charge in [0.05, 0.1) is 27.9 Å². The first-order valence-electron chi connectivity index (χ1n) is 10.9. The fourth-order valence-electron chi connectivity index (χ4n) is 4.25. The van der Waals surface area contributed by atoms with Crippen molar-refractivity contribution in [3.63, 3.8) is 0 Å². The largest absolute Gasteiger partial charge is 0.493 e. The smallest absolute Gasteiger partial charge is 0.203 e. The number of benzene rings is 2. The van der Waals surface area contributed by atoms with Crippen molar-refractivity contribution in [2.45, 2.75) is 6.92 Å². The summed E-state index contributed by atoms with van der Waals surface area (Å²) in [7, 11) is 6.81. The molecular formula is C26H26N4O4. The number of hydrogen-bond donors (Lipinski definition) is 0. The third kappa shape index (κ3) is 3.48. The van der Waals surface area contributed by atoms with Crippen molar-refractivity contribution in [2.24, 2.45) is 7.05 Å². The Bertz CT molecular complexity index is 1480. The first kappa shape index (κ1) is 21.6. The maximum atomic E-state index is 5.95. The molecule has 8 heteroatoms. The van der Waals surface area contributed by atoms with Gasteiger partial charge in [-0.2, -0.15) is 0 Å². The lowest BCUT2D eigenvalue weighted by atomic mass is 10.1. The lowest BCUT2D eigenvalue weighted by Crippen LogP contribution is -1.99. The van der Waals surface area contributed by atoms with Crippen LogP contribution >= 0.6 is 0 Å². The quantitative estimate of drug-likeness (QED) is 0.343. The fourth-order valence-corrected chi connectivity index (χ4v) is 4.25. The minimum atomic E-state index is 0.517. The van der Waals surface area contributed by atoms with E-state index in [2.05, 4.69) is 45.2 Å². The van der Waals surface area contributed by atoms with Crippen molar-refractivity contribution < 1.29 is 18.9 Å². The van der Waals surface area contributed by atoms with E-state index in [1.54, 1.807) is 21.3 Å². The maximum Gasteiger partial charge on any atom is 0.203 e. The van der Waals surface area contributed by atoms with Gasteiger partial charge in [-0.1, -0.05) is 6.07 Å². The number of aromatic nitrogens is 4. The first-order valence-corrected chi connectivity index (χ1v) is 10.9. The molecule has 5 aromatic rings. The Morgan fingerprint density at radius 2 is 1.53 bits per heavy atom. The molecule has 3 aromatic heterocycles. The molecule has 0 unspecified atom stereocenters. The Kier molecular flexibility index (Phi) is 5.49. The summed E-state index contributed by atoms with van der Waals surface area (Å²) in [6.45, 7) is 2.47. The lowest BCUT2D eigenvalue weighted by molar-refractivity contribution is 0.324. The normalized spacial score (nSPS) is 11.2. The maximum absolute atomic E-state index is 5.95. The molecule has 0 aliphatic rings. The van der Waals surface area contributed by atoms with Crippen LogP contribution in [-0.4, -0.2) is 47.1 Å². The Balaban J connectivity index is 1.72. The van der Waals surface area contributed by atoms with Crippen molar-refractivity contribution in [3.05, 3.63) is 54.9 Å². The molecule has 0 fully saturated rings. The van der Waals surface area contributed by atoms with Crippen LogP contribution in [0.3, 0.4) is 0 Å². The molecule has 0 atom stereocenters. The fraction of sp³-hybridized carbons (Fsp3) is 0.231. The van der Waals surface area contributed by atoms with Gasteiger partial charge in [-0.05, 0) is 48.9 Å². The van der Waals surface area contributed by atoms with E-state index in [4.69, 9.17) is 18.9 Å². The number of ether oxygens (including phenoxy) is 4. The molecular weight excluding hydrogens is 432 g/mol. The van der Waals surface area contributed by atoms with Crippen LogP contribution in [0.2, 0.25) is 0 Å². The summed E-state index contributed by atoms with van der Waals surface area (Å²) in [5.41, 5.74) is 4.66. The van der Waals surface area contributed by atoms with E-state index in [0.717, 1.165) is 16.7 Å². The van der Waals surface area contributed by atoms with Crippen LogP contribution in [0.1, 0.15) is 6.92 Å². The monoisotopic (exact) mass is 458 g/mol. The second-order valence-electron chi connectivity index (χ2n) is 7.86. The highest BCUT2D eigenvalue weighted by atomic mass is 16.5. The second-order valence-corrected chi connectivity index (χ2v) is 7.86. The summed E-state index contributed by atoms with van der Waals surface area (Å²) in [6, 6.07) is 14.3. The summed E-state index contributed by atoms with van der Waals surface area (Å²) in [5, 5.41) is 10.1. The van der Waals surface area contributed by atoms with Crippen LogP contribution in [0, 0.1) is 0 Å². The Labute approximate surface area is 197 Å². The zero-order valence-corrected chi connectivity index (χ0v) is 19.8.